The van der Waals surface area contributed by atoms with Crippen LogP contribution in [0.5, 0.6) is 0 Å². The van der Waals surface area contributed by atoms with Gasteiger partial charge in [0.2, 0.25) is 10.0 Å². The van der Waals surface area contributed by atoms with Crippen molar-refractivity contribution >= 4 is 16.0 Å². The van der Waals surface area contributed by atoms with Crippen molar-refractivity contribution < 1.29 is 23.1 Å². The van der Waals surface area contributed by atoms with Crippen LogP contribution in [0.3, 0.4) is 0 Å². The fraction of sp³-hybridized carbons (Fsp3) is 0.350. The number of esters is 1. The highest BCUT2D eigenvalue weighted by molar-refractivity contribution is 7.89. The second-order valence-corrected chi connectivity index (χ2v) is 8.37. The van der Waals surface area contributed by atoms with Gasteiger partial charge in [0.05, 0.1) is 23.2 Å². The number of hydrogen-bond acceptors (Lipinski definition) is 5. The van der Waals surface area contributed by atoms with E-state index in [1.165, 1.54) is 28.6 Å². The van der Waals surface area contributed by atoms with E-state index in [4.69, 9.17) is 4.74 Å². The second kappa shape index (κ2) is 8.21. The predicted octanol–water partition coefficient (Wildman–Crippen LogP) is 2.75. The highest BCUT2D eigenvalue weighted by atomic mass is 32.2. The van der Waals surface area contributed by atoms with Crippen molar-refractivity contribution in [3.8, 4) is 0 Å². The first-order valence-corrected chi connectivity index (χ1v) is 10.4. The summed E-state index contributed by atoms with van der Waals surface area (Å²) in [6, 6.07) is 14.6. The summed E-state index contributed by atoms with van der Waals surface area (Å²) in [5, 5.41) is 10.5. The third kappa shape index (κ3) is 4.55. The van der Waals surface area contributed by atoms with Crippen LogP contribution in [0.1, 0.15) is 41.8 Å². The molecule has 1 saturated carbocycles. The maximum Gasteiger partial charge on any atom is 0.338 e. The van der Waals surface area contributed by atoms with E-state index in [1.807, 2.05) is 18.2 Å². The van der Waals surface area contributed by atoms with Gasteiger partial charge in [-0.2, -0.15) is 4.31 Å². The third-order valence-corrected chi connectivity index (χ3v) is 6.40. The molecule has 0 aromatic heterocycles. The molecule has 1 aliphatic carbocycles. The molecule has 2 aromatic rings. The molecule has 6 nitrogen and oxygen atoms in total. The molecule has 0 aliphatic heterocycles. The molecule has 0 unspecified atom stereocenters. The van der Waals surface area contributed by atoms with Crippen molar-refractivity contribution in [3.63, 3.8) is 0 Å². The maximum atomic E-state index is 13.1. The number of aliphatic hydroxyl groups is 1. The van der Waals surface area contributed by atoms with Gasteiger partial charge >= 0.3 is 5.97 Å². The Kier molecular flexibility index (Phi) is 5.94. The lowest BCUT2D eigenvalue weighted by atomic mass is 10.1. The van der Waals surface area contributed by atoms with E-state index in [0.29, 0.717) is 11.1 Å². The van der Waals surface area contributed by atoms with Gasteiger partial charge in [-0.05, 0) is 49.6 Å². The van der Waals surface area contributed by atoms with E-state index < -0.39 is 22.1 Å². The first-order chi connectivity index (χ1) is 12.9. The number of hydrogen-bond donors (Lipinski definition) is 1. The number of rotatable bonds is 8. The zero-order chi connectivity index (χ0) is 19.4. The molecule has 1 aliphatic rings. The van der Waals surface area contributed by atoms with Gasteiger partial charge in [0.25, 0.3) is 0 Å². The number of benzene rings is 2. The minimum Gasteiger partial charge on any atom is -0.462 e. The quantitative estimate of drug-likeness (QED) is 0.702. The van der Waals surface area contributed by atoms with Gasteiger partial charge in [0.1, 0.15) is 0 Å². The molecule has 0 saturated heterocycles. The largest absolute Gasteiger partial charge is 0.462 e. The lowest BCUT2D eigenvalue weighted by Crippen LogP contribution is -2.36. The highest BCUT2D eigenvalue weighted by Crippen LogP contribution is 2.34. The number of ether oxygens (including phenoxy) is 1. The Morgan fingerprint density at radius 3 is 2.33 bits per heavy atom. The molecule has 0 radical (unpaired) electrons. The summed E-state index contributed by atoms with van der Waals surface area (Å²) < 4.78 is 32.5. The molecular formula is C20H23NO5S. The molecule has 0 amide bonds. The second-order valence-electron chi connectivity index (χ2n) is 6.48. The average molecular weight is 389 g/mol. The smallest absolute Gasteiger partial charge is 0.338 e. The molecule has 1 fully saturated rings. The third-order valence-electron chi connectivity index (χ3n) is 4.46. The summed E-state index contributed by atoms with van der Waals surface area (Å²) in [7, 11) is -3.77. The molecule has 1 N–H and O–H groups in total. The van der Waals surface area contributed by atoms with Crippen LogP contribution in [-0.2, 0) is 14.8 Å². The van der Waals surface area contributed by atoms with Crippen LogP contribution >= 0.6 is 0 Å². The van der Waals surface area contributed by atoms with Gasteiger partial charge in [-0.15, -0.1) is 0 Å². The Labute approximate surface area is 159 Å². The predicted molar refractivity (Wildman–Crippen MR) is 101 cm³/mol. The van der Waals surface area contributed by atoms with Crippen LogP contribution in [0.25, 0.3) is 0 Å². The van der Waals surface area contributed by atoms with E-state index in [1.54, 1.807) is 19.1 Å². The Morgan fingerprint density at radius 2 is 1.78 bits per heavy atom. The van der Waals surface area contributed by atoms with Gasteiger partial charge in [-0.3, -0.25) is 0 Å². The summed E-state index contributed by atoms with van der Waals surface area (Å²) in [5.41, 5.74) is 0.981. The number of carbonyl (C=O) groups excluding carboxylic acids is 1. The molecule has 3 rings (SSSR count). The van der Waals surface area contributed by atoms with E-state index in [-0.39, 0.29) is 24.1 Å². The topological polar surface area (TPSA) is 83.9 Å². The molecule has 7 heteroatoms. The monoisotopic (exact) mass is 389 g/mol. The van der Waals surface area contributed by atoms with Crippen LogP contribution in [-0.4, -0.2) is 43.0 Å². The first kappa shape index (κ1) is 19.5. The lowest BCUT2D eigenvalue weighted by Gasteiger charge is -2.25. The van der Waals surface area contributed by atoms with Crippen molar-refractivity contribution in [2.45, 2.75) is 36.8 Å². The van der Waals surface area contributed by atoms with Crippen LogP contribution in [0.2, 0.25) is 0 Å². The molecule has 0 spiro atoms. The van der Waals surface area contributed by atoms with E-state index in [9.17, 15) is 18.3 Å². The van der Waals surface area contributed by atoms with Crippen LogP contribution in [0.15, 0.2) is 59.5 Å². The van der Waals surface area contributed by atoms with Gasteiger partial charge in [0, 0.05) is 12.6 Å². The van der Waals surface area contributed by atoms with Crippen molar-refractivity contribution in [3.05, 3.63) is 65.7 Å². The Morgan fingerprint density at radius 1 is 1.15 bits per heavy atom. The molecule has 1 atom stereocenters. The molecule has 0 heterocycles. The SMILES string of the molecule is CCOC(=O)c1ccc(S(=O)(=O)N(C[C@@H](O)c2ccccc2)C2CC2)cc1. The molecular weight excluding hydrogens is 366 g/mol. The normalized spacial score (nSPS) is 15.5. The zero-order valence-corrected chi connectivity index (χ0v) is 15.9. The van der Waals surface area contributed by atoms with Crippen molar-refractivity contribution in [2.75, 3.05) is 13.2 Å². The summed E-state index contributed by atoms with van der Waals surface area (Å²) >= 11 is 0. The van der Waals surface area contributed by atoms with Gasteiger partial charge < -0.3 is 9.84 Å². The molecule has 144 valence electrons. The fourth-order valence-electron chi connectivity index (χ4n) is 2.87. The number of sulfonamides is 1. The molecule has 27 heavy (non-hydrogen) atoms. The van der Waals surface area contributed by atoms with E-state index in [2.05, 4.69) is 0 Å². The molecule has 0 bridgehead atoms. The number of aliphatic hydroxyl groups excluding tert-OH is 1. The number of carbonyl (C=O) groups is 1. The number of nitrogens with zero attached hydrogens (tertiary/aromatic N) is 1. The first-order valence-electron chi connectivity index (χ1n) is 8.95. The van der Waals surface area contributed by atoms with Crippen molar-refractivity contribution in [1.29, 1.82) is 0 Å². The zero-order valence-electron chi connectivity index (χ0n) is 15.1. The van der Waals surface area contributed by atoms with Crippen LogP contribution in [0.4, 0.5) is 0 Å². The van der Waals surface area contributed by atoms with Gasteiger partial charge in [-0.25, -0.2) is 13.2 Å². The standard InChI is InChI=1S/C20H23NO5S/c1-2-26-20(23)16-8-12-18(13-9-16)27(24,25)21(17-10-11-17)14-19(22)15-6-4-3-5-7-15/h3-9,12-13,17,19,22H,2,10-11,14H2,1H3/t19-/m1/s1. The molecule has 2 aromatic carbocycles. The minimum absolute atomic E-state index is 0.00333. The van der Waals surface area contributed by atoms with E-state index in [0.717, 1.165) is 12.8 Å². The Hall–Kier alpha value is -2.22. The lowest BCUT2D eigenvalue weighted by molar-refractivity contribution is 0.0526. The summed E-state index contributed by atoms with van der Waals surface area (Å²) in [6.45, 7) is 1.96. The minimum atomic E-state index is -3.77. The van der Waals surface area contributed by atoms with Gasteiger partial charge in [0.15, 0.2) is 0 Å². The Bertz CT molecular complexity index is 876. The van der Waals surface area contributed by atoms with E-state index >= 15 is 0 Å². The highest BCUT2D eigenvalue weighted by Gasteiger charge is 2.39. The van der Waals surface area contributed by atoms with Crippen molar-refractivity contribution in [1.82, 2.24) is 4.31 Å². The van der Waals surface area contributed by atoms with Gasteiger partial charge in [-0.1, -0.05) is 30.3 Å². The van der Waals surface area contributed by atoms with Crippen LogP contribution in [0, 0.1) is 0 Å². The fourth-order valence-corrected chi connectivity index (χ4v) is 4.56. The summed E-state index contributed by atoms with van der Waals surface area (Å²) in [4.78, 5) is 11.8. The average Bonchev–Trinajstić information content (AvgIpc) is 3.51. The maximum absolute atomic E-state index is 13.1. The Balaban J connectivity index is 1.81. The summed E-state index contributed by atoms with van der Waals surface area (Å²) in [6.07, 6.45) is 0.656. The van der Waals surface area contributed by atoms with Crippen molar-refractivity contribution in [2.24, 2.45) is 0 Å². The summed E-state index contributed by atoms with van der Waals surface area (Å²) in [5.74, 6) is -0.486. The van der Waals surface area contributed by atoms with Crippen LogP contribution < -0.4 is 0 Å².